The zero-order chi connectivity index (χ0) is 13.7. The van der Waals surface area contributed by atoms with Gasteiger partial charge in [0.05, 0.1) is 12.8 Å². The van der Waals surface area contributed by atoms with E-state index in [-0.39, 0.29) is 6.42 Å². The average molecular weight is 259 g/mol. The van der Waals surface area contributed by atoms with E-state index >= 15 is 0 Å². The highest BCUT2D eigenvalue weighted by Gasteiger charge is 2.02. The van der Waals surface area contributed by atoms with E-state index in [2.05, 4.69) is 5.32 Å². The minimum absolute atomic E-state index is 0.165. The van der Waals surface area contributed by atoms with Gasteiger partial charge in [-0.2, -0.15) is 0 Å². The monoisotopic (exact) mass is 259 g/mol. The number of nitrogens with one attached hydrogen (secondary N) is 1. The fourth-order valence-electron chi connectivity index (χ4n) is 1.81. The van der Waals surface area contributed by atoms with Crippen LogP contribution in [0.4, 0.5) is 5.69 Å². The maximum absolute atomic E-state index is 10.5. The summed E-state index contributed by atoms with van der Waals surface area (Å²) in [5.74, 6) is 0.158. The average Bonchev–Trinajstić information content (AvgIpc) is 2.81. The van der Waals surface area contributed by atoms with Gasteiger partial charge in [0.15, 0.2) is 0 Å². The summed E-state index contributed by atoms with van der Waals surface area (Å²) in [7, 11) is 0. The van der Waals surface area contributed by atoms with Crippen molar-refractivity contribution in [2.24, 2.45) is 0 Å². The van der Waals surface area contributed by atoms with Crippen LogP contribution in [0.3, 0.4) is 0 Å². The molecule has 0 unspecified atom stereocenters. The maximum Gasteiger partial charge on any atom is 0.303 e. The van der Waals surface area contributed by atoms with Crippen molar-refractivity contribution in [3.05, 3.63) is 53.5 Å². The Bertz CT molecular complexity index is 543. The molecule has 0 amide bonds. The third-order valence-electron chi connectivity index (χ3n) is 3.00. The summed E-state index contributed by atoms with van der Waals surface area (Å²) in [6.45, 7) is 2.66. The molecule has 19 heavy (non-hydrogen) atoms. The first-order chi connectivity index (χ1) is 9.15. The van der Waals surface area contributed by atoms with Gasteiger partial charge in [0.1, 0.15) is 5.76 Å². The smallest absolute Gasteiger partial charge is 0.303 e. The minimum atomic E-state index is -0.768. The van der Waals surface area contributed by atoms with Crippen LogP contribution in [0.2, 0.25) is 0 Å². The van der Waals surface area contributed by atoms with E-state index in [1.165, 1.54) is 0 Å². The number of carboxylic acid groups (broad SMARTS) is 1. The van der Waals surface area contributed by atoms with Crippen molar-refractivity contribution < 1.29 is 14.3 Å². The third-order valence-corrected chi connectivity index (χ3v) is 3.00. The van der Waals surface area contributed by atoms with Gasteiger partial charge in [0.2, 0.25) is 0 Å². The topological polar surface area (TPSA) is 62.5 Å². The van der Waals surface area contributed by atoms with Crippen LogP contribution in [0.1, 0.15) is 23.3 Å². The first-order valence-electron chi connectivity index (χ1n) is 6.23. The van der Waals surface area contributed by atoms with E-state index < -0.39 is 5.97 Å². The molecule has 0 aliphatic carbocycles. The van der Waals surface area contributed by atoms with Crippen LogP contribution < -0.4 is 5.32 Å². The second-order valence-electron chi connectivity index (χ2n) is 4.47. The second kappa shape index (κ2) is 6.09. The molecular formula is C15H17NO3. The van der Waals surface area contributed by atoms with E-state index in [1.807, 2.05) is 37.3 Å². The molecule has 2 aromatic rings. The Morgan fingerprint density at radius 1 is 1.26 bits per heavy atom. The van der Waals surface area contributed by atoms with E-state index in [9.17, 15) is 4.79 Å². The fourth-order valence-corrected chi connectivity index (χ4v) is 1.81. The van der Waals surface area contributed by atoms with Crippen LogP contribution in [0, 0.1) is 6.92 Å². The van der Waals surface area contributed by atoms with Crippen LogP contribution in [0.15, 0.2) is 41.0 Å². The van der Waals surface area contributed by atoms with Crippen molar-refractivity contribution in [2.75, 3.05) is 5.32 Å². The number of hydrogen-bond donors (Lipinski definition) is 2. The van der Waals surface area contributed by atoms with Gasteiger partial charge < -0.3 is 14.8 Å². The molecule has 0 saturated carbocycles. The van der Waals surface area contributed by atoms with E-state index in [4.69, 9.17) is 9.52 Å². The van der Waals surface area contributed by atoms with Gasteiger partial charge >= 0.3 is 5.97 Å². The highest BCUT2D eigenvalue weighted by molar-refractivity contribution is 5.67. The fraction of sp³-hybridized carbons (Fsp3) is 0.267. The maximum atomic E-state index is 10.5. The molecule has 1 aromatic heterocycles. The first kappa shape index (κ1) is 13.2. The standard InChI is InChI=1S/C15H17NO3/c1-11-8-9-19-14(11)10-16-13-5-2-12(3-6-13)4-7-15(17)18/h2-3,5-6,8-9,16H,4,7,10H2,1H3,(H,17,18). The molecule has 0 bridgehead atoms. The summed E-state index contributed by atoms with van der Waals surface area (Å²) in [5, 5.41) is 11.9. The highest BCUT2D eigenvalue weighted by atomic mass is 16.4. The van der Waals surface area contributed by atoms with Gasteiger partial charge in [0, 0.05) is 12.1 Å². The molecule has 0 spiro atoms. The number of aryl methyl sites for hydroxylation is 2. The zero-order valence-corrected chi connectivity index (χ0v) is 10.8. The van der Waals surface area contributed by atoms with Crippen LogP contribution >= 0.6 is 0 Å². The highest BCUT2D eigenvalue weighted by Crippen LogP contribution is 2.14. The van der Waals surface area contributed by atoms with E-state index in [1.54, 1.807) is 6.26 Å². The lowest BCUT2D eigenvalue weighted by Gasteiger charge is -2.06. The van der Waals surface area contributed by atoms with E-state index in [0.29, 0.717) is 13.0 Å². The van der Waals surface area contributed by atoms with Crippen molar-refractivity contribution in [3.63, 3.8) is 0 Å². The minimum Gasteiger partial charge on any atom is -0.481 e. The first-order valence-corrected chi connectivity index (χ1v) is 6.23. The number of benzene rings is 1. The Morgan fingerprint density at radius 2 is 2.00 bits per heavy atom. The quantitative estimate of drug-likeness (QED) is 0.836. The van der Waals surface area contributed by atoms with Gasteiger partial charge in [-0.15, -0.1) is 0 Å². The number of carboxylic acids is 1. The molecule has 1 heterocycles. The molecule has 100 valence electrons. The lowest BCUT2D eigenvalue weighted by atomic mass is 10.1. The SMILES string of the molecule is Cc1ccoc1CNc1ccc(CCC(=O)O)cc1. The summed E-state index contributed by atoms with van der Waals surface area (Å²) in [6.07, 6.45) is 2.41. The summed E-state index contributed by atoms with van der Waals surface area (Å²) >= 11 is 0. The number of aliphatic carboxylic acids is 1. The summed E-state index contributed by atoms with van der Waals surface area (Å²) in [6, 6.07) is 9.73. The van der Waals surface area contributed by atoms with Gasteiger partial charge in [0.25, 0.3) is 0 Å². The molecule has 0 aliphatic heterocycles. The normalized spacial score (nSPS) is 10.4. The molecule has 1 aromatic carbocycles. The van der Waals surface area contributed by atoms with Crippen molar-refractivity contribution in [2.45, 2.75) is 26.3 Å². The molecule has 0 aliphatic rings. The zero-order valence-electron chi connectivity index (χ0n) is 10.8. The van der Waals surface area contributed by atoms with Crippen LogP contribution in [0.25, 0.3) is 0 Å². The van der Waals surface area contributed by atoms with Crippen molar-refractivity contribution in [1.29, 1.82) is 0 Å². The molecular weight excluding hydrogens is 242 g/mol. The summed E-state index contributed by atoms with van der Waals surface area (Å²) in [5.41, 5.74) is 3.16. The van der Waals surface area contributed by atoms with E-state index in [0.717, 1.165) is 22.6 Å². The van der Waals surface area contributed by atoms with Crippen molar-refractivity contribution >= 4 is 11.7 Å². The van der Waals surface area contributed by atoms with Crippen LogP contribution in [-0.2, 0) is 17.8 Å². The number of rotatable bonds is 6. The lowest BCUT2D eigenvalue weighted by molar-refractivity contribution is -0.136. The largest absolute Gasteiger partial charge is 0.481 e. The number of hydrogen-bond acceptors (Lipinski definition) is 3. The predicted molar refractivity (Wildman–Crippen MR) is 73.2 cm³/mol. The molecule has 2 N–H and O–H groups in total. The lowest BCUT2D eigenvalue weighted by Crippen LogP contribution is -2.00. The molecule has 0 radical (unpaired) electrons. The van der Waals surface area contributed by atoms with Gasteiger partial charge in [-0.1, -0.05) is 12.1 Å². The van der Waals surface area contributed by atoms with Gasteiger partial charge in [-0.3, -0.25) is 4.79 Å². The Labute approximate surface area is 112 Å². The molecule has 4 heteroatoms. The Kier molecular flexibility index (Phi) is 4.23. The molecule has 2 rings (SSSR count). The number of anilines is 1. The van der Waals surface area contributed by atoms with Crippen LogP contribution in [-0.4, -0.2) is 11.1 Å². The Hall–Kier alpha value is -2.23. The van der Waals surface area contributed by atoms with Gasteiger partial charge in [-0.25, -0.2) is 0 Å². The molecule has 4 nitrogen and oxygen atoms in total. The van der Waals surface area contributed by atoms with Crippen LogP contribution in [0.5, 0.6) is 0 Å². The van der Waals surface area contributed by atoms with Crippen molar-refractivity contribution in [3.8, 4) is 0 Å². The number of carbonyl (C=O) groups is 1. The summed E-state index contributed by atoms with van der Waals surface area (Å²) < 4.78 is 5.35. The molecule has 0 saturated heterocycles. The Balaban J connectivity index is 1.88. The second-order valence-corrected chi connectivity index (χ2v) is 4.47. The Morgan fingerprint density at radius 3 is 2.58 bits per heavy atom. The van der Waals surface area contributed by atoms with Gasteiger partial charge in [-0.05, 0) is 42.7 Å². The van der Waals surface area contributed by atoms with Crippen molar-refractivity contribution in [1.82, 2.24) is 0 Å². The summed E-state index contributed by atoms with van der Waals surface area (Å²) in [4.78, 5) is 10.5. The predicted octanol–water partition coefficient (Wildman–Crippen LogP) is 3.22. The molecule has 0 atom stereocenters. The number of furan rings is 1. The molecule has 0 fully saturated rings. The third kappa shape index (κ3) is 3.88.